The molecule has 0 aliphatic heterocycles. The van der Waals surface area contributed by atoms with Gasteiger partial charge in [0.2, 0.25) is 5.91 Å². The minimum Gasteiger partial charge on any atom is -0.332 e. The van der Waals surface area contributed by atoms with Gasteiger partial charge in [-0.05, 0) is 49.0 Å². The topological polar surface area (TPSA) is 70.2 Å². The first-order valence-corrected chi connectivity index (χ1v) is 7.52. The predicted octanol–water partition coefficient (Wildman–Crippen LogP) is 3.22. The Morgan fingerprint density at radius 2 is 1.79 bits per heavy atom. The van der Waals surface area contributed by atoms with Crippen LogP contribution in [-0.2, 0) is 4.79 Å². The molecule has 0 fully saturated rings. The molecule has 2 aromatic carbocycles. The van der Waals surface area contributed by atoms with Crippen molar-refractivity contribution >= 4 is 40.5 Å². The molecule has 7 heteroatoms. The zero-order valence-corrected chi connectivity index (χ0v) is 14.0. The van der Waals surface area contributed by atoms with E-state index in [1.54, 1.807) is 24.3 Å². The second-order valence-electron chi connectivity index (χ2n) is 5.10. The van der Waals surface area contributed by atoms with Crippen molar-refractivity contribution in [2.24, 2.45) is 0 Å². The van der Waals surface area contributed by atoms with E-state index < -0.39 is 11.7 Å². The lowest BCUT2D eigenvalue weighted by Crippen LogP contribution is -2.34. The minimum absolute atomic E-state index is 0.0286. The van der Waals surface area contributed by atoms with Gasteiger partial charge in [-0.2, -0.15) is 0 Å². The van der Waals surface area contributed by atoms with Crippen LogP contribution >= 0.6 is 12.2 Å². The smallest absolute Gasteiger partial charge is 0.260 e. The monoisotopic (exact) mass is 345 g/mol. The van der Waals surface area contributed by atoms with Gasteiger partial charge in [0.05, 0.1) is 5.56 Å². The third-order valence-electron chi connectivity index (χ3n) is 3.15. The number of aryl methyl sites for hydroxylation is 1. The summed E-state index contributed by atoms with van der Waals surface area (Å²) >= 11 is 5.07. The summed E-state index contributed by atoms with van der Waals surface area (Å²) in [6.45, 7) is 3.27. The van der Waals surface area contributed by atoms with Crippen LogP contribution in [0.2, 0.25) is 0 Å². The molecular formula is C17H16FN3O2S. The lowest BCUT2D eigenvalue weighted by atomic mass is 10.2. The molecule has 3 N–H and O–H groups in total. The minimum atomic E-state index is -0.639. The van der Waals surface area contributed by atoms with Gasteiger partial charge in [-0.1, -0.05) is 18.2 Å². The van der Waals surface area contributed by atoms with Gasteiger partial charge in [-0.3, -0.25) is 14.9 Å². The average molecular weight is 345 g/mol. The molecule has 0 aromatic heterocycles. The number of thiocarbonyl (C=S) groups is 1. The molecule has 2 rings (SSSR count). The van der Waals surface area contributed by atoms with Crippen LogP contribution in [0.4, 0.5) is 15.8 Å². The van der Waals surface area contributed by atoms with E-state index in [0.29, 0.717) is 11.4 Å². The van der Waals surface area contributed by atoms with Crippen molar-refractivity contribution in [2.45, 2.75) is 13.8 Å². The molecule has 0 atom stereocenters. The molecule has 0 saturated carbocycles. The van der Waals surface area contributed by atoms with Gasteiger partial charge >= 0.3 is 0 Å². The summed E-state index contributed by atoms with van der Waals surface area (Å²) in [4.78, 5) is 23.2. The number of carbonyl (C=O) groups excluding carboxylic acids is 2. The number of amides is 2. The zero-order chi connectivity index (χ0) is 17.7. The lowest BCUT2D eigenvalue weighted by molar-refractivity contribution is -0.114. The maximum atomic E-state index is 13.6. The third-order valence-corrected chi connectivity index (χ3v) is 3.36. The van der Waals surface area contributed by atoms with Gasteiger partial charge in [-0.25, -0.2) is 4.39 Å². The standard InChI is InChI=1S/C17H16FN3O2S/c1-10-7-8-12(9-15(10)19-11(2)22)20-17(24)21-16(23)13-5-3-4-6-14(13)18/h3-9H,1-2H3,(H,19,22)(H2,20,21,23,24). The van der Waals surface area contributed by atoms with Crippen LogP contribution in [0, 0.1) is 12.7 Å². The van der Waals surface area contributed by atoms with E-state index in [9.17, 15) is 14.0 Å². The molecule has 2 amide bonds. The molecule has 5 nitrogen and oxygen atoms in total. The molecule has 0 spiro atoms. The molecular weight excluding hydrogens is 329 g/mol. The SMILES string of the molecule is CC(=O)Nc1cc(NC(=S)NC(=O)c2ccccc2F)ccc1C. The summed E-state index contributed by atoms with van der Waals surface area (Å²) in [5.41, 5.74) is 2.01. The van der Waals surface area contributed by atoms with Gasteiger partial charge in [0.1, 0.15) is 5.82 Å². The van der Waals surface area contributed by atoms with Crippen molar-refractivity contribution in [3.8, 4) is 0 Å². The highest BCUT2D eigenvalue weighted by Crippen LogP contribution is 2.20. The zero-order valence-electron chi connectivity index (χ0n) is 13.1. The molecule has 124 valence electrons. The van der Waals surface area contributed by atoms with E-state index in [1.165, 1.54) is 25.1 Å². The van der Waals surface area contributed by atoms with Gasteiger partial charge in [0.15, 0.2) is 5.11 Å². The largest absolute Gasteiger partial charge is 0.332 e. The van der Waals surface area contributed by atoms with E-state index in [4.69, 9.17) is 12.2 Å². The number of nitrogens with one attached hydrogen (secondary N) is 3. The Kier molecular flexibility index (Phi) is 5.59. The Morgan fingerprint density at radius 3 is 2.46 bits per heavy atom. The molecule has 2 aromatic rings. The lowest BCUT2D eigenvalue weighted by Gasteiger charge is -2.13. The Morgan fingerprint density at radius 1 is 1.08 bits per heavy atom. The van der Waals surface area contributed by atoms with Crippen molar-refractivity contribution in [1.29, 1.82) is 0 Å². The van der Waals surface area contributed by atoms with Crippen LogP contribution in [0.15, 0.2) is 42.5 Å². The fourth-order valence-electron chi connectivity index (χ4n) is 2.00. The Labute approximate surface area is 144 Å². The van der Waals surface area contributed by atoms with Gasteiger partial charge in [-0.15, -0.1) is 0 Å². The maximum absolute atomic E-state index is 13.6. The molecule has 0 heterocycles. The molecule has 0 bridgehead atoms. The molecule has 0 aliphatic carbocycles. The summed E-state index contributed by atoms with van der Waals surface area (Å²) in [6.07, 6.45) is 0. The highest BCUT2D eigenvalue weighted by Gasteiger charge is 2.12. The average Bonchev–Trinajstić information content (AvgIpc) is 2.50. The quantitative estimate of drug-likeness (QED) is 0.747. The van der Waals surface area contributed by atoms with E-state index in [1.807, 2.05) is 6.92 Å². The van der Waals surface area contributed by atoms with E-state index in [2.05, 4.69) is 16.0 Å². The van der Waals surface area contributed by atoms with Crippen molar-refractivity contribution < 1.29 is 14.0 Å². The molecule has 24 heavy (non-hydrogen) atoms. The van der Waals surface area contributed by atoms with Crippen molar-refractivity contribution in [1.82, 2.24) is 5.32 Å². The number of carbonyl (C=O) groups is 2. The number of hydrogen-bond donors (Lipinski definition) is 3. The van der Waals surface area contributed by atoms with Crippen LogP contribution in [0.25, 0.3) is 0 Å². The Bertz CT molecular complexity index is 808. The summed E-state index contributed by atoms with van der Waals surface area (Å²) in [7, 11) is 0. The van der Waals surface area contributed by atoms with Gasteiger partial charge in [0.25, 0.3) is 5.91 Å². The second kappa shape index (κ2) is 7.65. The van der Waals surface area contributed by atoms with E-state index in [0.717, 1.165) is 5.56 Å². The van der Waals surface area contributed by atoms with Crippen LogP contribution in [0.5, 0.6) is 0 Å². The fourth-order valence-corrected chi connectivity index (χ4v) is 2.21. The van der Waals surface area contributed by atoms with E-state index >= 15 is 0 Å². The molecule has 0 aliphatic rings. The summed E-state index contributed by atoms with van der Waals surface area (Å²) < 4.78 is 13.6. The van der Waals surface area contributed by atoms with Crippen LogP contribution < -0.4 is 16.0 Å². The molecule has 0 saturated heterocycles. The molecule has 0 radical (unpaired) electrons. The predicted molar refractivity (Wildman–Crippen MR) is 95.6 cm³/mol. The first-order valence-electron chi connectivity index (χ1n) is 7.12. The number of benzene rings is 2. The van der Waals surface area contributed by atoms with Crippen LogP contribution in [0.1, 0.15) is 22.8 Å². The highest BCUT2D eigenvalue weighted by molar-refractivity contribution is 7.80. The first-order chi connectivity index (χ1) is 11.4. The number of anilines is 2. The normalized spacial score (nSPS) is 9.96. The van der Waals surface area contributed by atoms with Crippen molar-refractivity contribution in [3.63, 3.8) is 0 Å². The summed E-state index contributed by atoms with van der Waals surface area (Å²) in [6, 6.07) is 10.9. The second-order valence-corrected chi connectivity index (χ2v) is 5.51. The summed E-state index contributed by atoms with van der Waals surface area (Å²) in [5, 5.41) is 7.97. The van der Waals surface area contributed by atoms with E-state index in [-0.39, 0.29) is 16.6 Å². The van der Waals surface area contributed by atoms with Crippen LogP contribution in [0.3, 0.4) is 0 Å². The Hall–Kier alpha value is -2.80. The highest BCUT2D eigenvalue weighted by atomic mass is 32.1. The van der Waals surface area contributed by atoms with Crippen molar-refractivity contribution in [3.05, 3.63) is 59.4 Å². The Balaban J connectivity index is 2.06. The van der Waals surface area contributed by atoms with Crippen LogP contribution in [-0.4, -0.2) is 16.9 Å². The summed E-state index contributed by atoms with van der Waals surface area (Å²) in [5.74, 6) is -1.45. The number of halogens is 1. The fraction of sp³-hybridized carbons (Fsp3) is 0.118. The maximum Gasteiger partial charge on any atom is 0.260 e. The van der Waals surface area contributed by atoms with Gasteiger partial charge in [0, 0.05) is 18.3 Å². The molecule has 0 unspecified atom stereocenters. The van der Waals surface area contributed by atoms with Gasteiger partial charge < -0.3 is 10.6 Å². The number of rotatable bonds is 3. The first kappa shape index (κ1) is 17.6. The third kappa shape index (κ3) is 4.60. The number of hydrogen-bond acceptors (Lipinski definition) is 3. The van der Waals surface area contributed by atoms with Crippen molar-refractivity contribution in [2.75, 3.05) is 10.6 Å².